The van der Waals surface area contributed by atoms with Gasteiger partial charge >= 0.3 is 5.97 Å². The number of carboxylic acid groups (broad SMARTS) is 1. The summed E-state index contributed by atoms with van der Waals surface area (Å²) in [5, 5.41) is 10.6. The second kappa shape index (κ2) is 4.61. The van der Waals surface area contributed by atoms with Crippen LogP contribution in [0.4, 0.5) is 0 Å². The zero-order valence-electron chi connectivity index (χ0n) is 9.68. The third kappa shape index (κ3) is 2.12. The maximum Gasteiger partial charge on any atom is 0.343 e. The van der Waals surface area contributed by atoms with Gasteiger partial charge in [-0.1, -0.05) is 0 Å². The van der Waals surface area contributed by atoms with Crippen LogP contribution in [0, 0.1) is 6.92 Å². The standard InChI is InChI=1S/C11H10N2O4S/c1-5-8(11(15)16)10(14)13-9(12-5)7-3-6(17-2)4-18-7/h3-4H,1-2H3,(H,15,16)(H,12,13,14). The van der Waals surface area contributed by atoms with E-state index in [1.165, 1.54) is 18.3 Å². The quantitative estimate of drug-likeness (QED) is 0.878. The first-order chi connectivity index (χ1) is 8.52. The molecule has 2 aromatic heterocycles. The lowest BCUT2D eigenvalue weighted by Gasteiger charge is -2.02. The van der Waals surface area contributed by atoms with Crippen molar-refractivity contribution in [2.24, 2.45) is 0 Å². The Morgan fingerprint density at radius 2 is 2.28 bits per heavy atom. The van der Waals surface area contributed by atoms with Gasteiger partial charge in [0.1, 0.15) is 11.3 Å². The predicted molar refractivity (Wildman–Crippen MR) is 66.4 cm³/mol. The number of hydrogen-bond acceptors (Lipinski definition) is 5. The molecule has 0 spiro atoms. The minimum atomic E-state index is -1.28. The number of aromatic carboxylic acids is 1. The summed E-state index contributed by atoms with van der Waals surface area (Å²) in [6.45, 7) is 1.49. The van der Waals surface area contributed by atoms with Crippen LogP contribution in [-0.4, -0.2) is 28.2 Å². The van der Waals surface area contributed by atoms with Gasteiger partial charge in [-0.2, -0.15) is 0 Å². The van der Waals surface area contributed by atoms with E-state index in [9.17, 15) is 9.59 Å². The van der Waals surface area contributed by atoms with Crippen molar-refractivity contribution in [3.05, 3.63) is 33.1 Å². The highest BCUT2D eigenvalue weighted by atomic mass is 32.1. The summed E-state index contributed by atoms with van der Waals surface area (Å²) >= 11 is 1.35. The smallest absolute Gasteiger partial charge is 0.343 e. The summed E-state index contributed by atoms with van der Waals surface area (Å²) in [6, 6.07) is 1.73. The number of hydrogen-bond donors (Lipinski definition) is 2. The number of rotatable bonds is 3. The molecule has 2 heterocycles. The minimum absolute atomic E-state index is 0.189. The van der Waals surface area contributed by atoms with E-state index in [0.29, 0.717) is 16.5 Å². The van der Waals surface area contributed by atoms with Crippen molar-refractivity contribution in [2.45, 2.75) is 6.92 Å². The van der Waals surface area contributed by atoms with Gasteiger partial charge in [-0.05, 0) is 6.92 Å². The van der Waals surface area contributed by atoms with Crippen molar-refractivity contribution >= 4 is 17.3 Å². The highest BCUT2D eigenvalue weighted by Gasteiger charge is 2.16. The molecule has 2 aromatic rings. The van der Waals surface area contributed by atoms with E-state index in [1.54, 1.807) is 18.6 Å². The Bertz CT molecular complexity index is 659. The number of H-pyrrole nitrogens is 1. The van der Waals surface area contributed by atoms with Crippen molar-refractivity contribution in [3.63, 3.8) is 0 Å². The zero-order valence-corrected chi connectivity index (χ0v) is 10.5. The molecule has 0 aliphatic carbocycles. The minimum Gasteiger partial charge on any atom is -0.496 e. The molecular formula is C11H10N2O4S. The fourth-order valence-corrected chi connectivity index (χ4v) is 2.30. The number of nitrogens with zero attached hydrogens (tertiary/aromatic N) is 1. The molecule has 2 N–H and O–H groups in total. The molecule has 6 nitrogen and oxygen atoms in total. The van der Waals surface area contributed by atoms with Crippen LogP contribution in [0.15, 0.2) is 16.2 Å². The van der Waals surface area contributed by atoms with E-state index < -0.39 is 11.5 Å². The molecule has 0 saturated carbocycles. The number of carboxylic acids is 1. The Hall–Kier alpha value is -2.15. The molecule has 0 fully saturated rings. The lowest BCUT2D eigenvalue weighted by Crippen LogP contribution is -2.21. The molecule has 0 saturated heterocycles. The second-order valence-corrected chi connectivity index (χ2v) is 4.44. The molecule has 7 heteroatoms. The van der Waals surface area contributed by atoms with E-state index in [1.807, 2.05) is 0 Å². The Labute approximate surface area is 106 Å². The monoisotopic (exact) mass is 266 g/mol. The maximum atomic E-state index is 11.6. The number of aryl methyl sites for hydroxylation is 1. The SMILES string of the molecule is COc1csc(-c2nc(C)c(C(=O)O)c(=O)[nH]2)c1. The highest BCUT2D eigenvalue weighted by molar-refractivity contribution is 7.13. The van der Waals surface area contributed by atoms with Gasteiger partial charge in [0.15, 0.2) is 5.82 Å². The summed E-state index contributed by atoms with van der Waals surface area (Å²) < 4.78 is 5.04. The van der Waals surface area contributed by atoms with Crippen LogP contribution in [0.2, 0.25) is 0 Å². The fourth-order valence-electron chi connectivity index (χ4n) is 1.50. The second-order valence-electron chi connectivity index (χ2n) is 3.53. The van der Waals surface area contributed by atoms with Crippen LogP contribution in [0.3, 0.4) is 0 Å². The van der Waals surface area contributed by atoms with E-state index in [0.717, 1.165) is 0 Å². The summed E-state index contributed by atoms with van der Waals surface area (Å²) in [6.07, 6.45) is 0. The Morgan fingerprint density at radius 3 is 2.78 bits per heavy atom. The van der Waals surface area contributed by atoms with Crippen LogP contribution in [0.5, 0.6) is 5.75 Å². The van der Waals surface area contributed by atoms with E-state index in [4.69, 9.17) is 9.84 Å². The summed E-state index contributed by atoms with van der Waals surface area (Å²) in [5.74, 6) is -0.273. The van der Waals surface area contributed by atoms with E-state index in [2.05, 4.69) is 9.97 Å². The highest BCUT2D eigenvalue weighted by Crippen LogP contribution is 2.28. The number of carbonyl (C=O) groups is 1. The van der Waals surface area contributed by atoms with E-state index in [-0.39, 0.29) is 11.3 Å². The van der Waals surface area contributed by atoms with Gasteiger partial charge in [-0.25, -0.2) is 9.78 Å². The normalized spacial score (nSPS) is 10.3. The first-order valence-corrected chi connectivity index (χ1v) is 5.88. The lowest BCUT2D eigenvalue weighted by molar-refractivity contribution is 0.0693. The number of ether oxygens (including phenoxy) is 1. The van der Waals surface area contributed by atoms with Crippen molar-refractivity contribution < 1.29 is 14.6 Å². The Morgan fingerprint density at radius 1 is 1.56 bits per heavy atom. The fraction of sp³-hybridized carbons (Fsp3) is 0.182. The van der Waals surface area contributed by atoms with Gasteiger partial charge in [0.05, 0.1) is 17.7 Å². The molecule has 2 rings (SSSR count). The summed E-state index contributed by atoms with van der Waals surface area (Å²) in [4.78, 5) is 29.8. The van der Waals surface area contributed by atoms with Crippen molar-refractivity contribution in [2.75, 3.05) is 7.11 Å². The van der Waals surface area contributed by atoms with Crippen LogP contribution in [0.25, 0.3) is 10.7 Å². The van der Waals surface area contributed by atoms with Crippen LogP contribution < -0.4 is 10.3 Å². The molecular weight excluding hydrogens is 256 g/mol. The average molecular weight is 266 g/mol. The first kappa shape index (κ1) is 12.3. The van der Waals surface area contributed by atoms with Gasteiger partial charge in [-0.3, -0.25) is 4.79 Å². The molecule has 0 unspecified atom stereocenters. The third-order valence-electron chi connectivity index (χ3n) is 2.36. The van der Waals surface area contributed by atoms with E-state index >= 15 is 0 Å². The predicted octanol–water partition coefficient (Wildman–Crippen LogP) is 1.51. The number of methoxy groups -OCH3 is 1. The Balaban J connectivity index is 2.54. The topological polar surface area (TPSA) is 92.3 Å². The molecule has 0 radical (unpaired) electrons. The lowest BCUT2D eigenvalue weighted by atomic mass is 10.2. The molecule has 94 valence electrons. The van der Waals surface area contributed by atoms with Crippen molar-refractivity contribution in [3.8, 4) is 16.5 Å². The summed E-state index contributed by atoms with van der Waals surface area (Å²) in [5.41, 5.74) is -0.798. The number of aromatic nitrogens is 2. The van der Waals surface area contributed by atoms with Crippen LogP contribution in [0.1, 0.15) is 16.1 Å². The molecule has 18 heavy (non-hydrogen) atoms. The van der Waals surface area contributed by atoms with Gasteiger partial charge in [0, 0.05) is 11.4 Å². The number of thiophene rings is 1. The first-order valence-electron chi connectivity index (χ1n) is 5.00. The largest absolute Gasteiger partial charge is 0.496 e. The van der Waals surface area contributed by atoms with Gasteiger partial charge in [0.2, 0.25) is 0 Å². The third-order valence-corrected chi connectivity index (χ3v) is 3.27. The van der Waals surface area contributed by atoms with Gasteiger partial charge in [0.25, 0.3) is 5.56 Å². The van der Waals surface area contributed by atoms with Crippen LogP contribution in [-0.2, 0) is 0 Å². The molecule has 0 amide bonds. The average Bonchev–Trinajstić information content (AvgIpc) is 2.75. The van der Waals surface area contributed by atoms with Crippen molar-refractivity contribution in [1.82, 2.24) is 9.97 Å². The van der Waals surface area contributed by atoms with Crippen molar-refractivity contribution in [1.29, 1.82) is 0 Å². The zero-order chi connectivity index (χ0) is 13.3. The molecule has 0 aliphatic heterocycles. The molecule has 0 bridgehead atoms. The number of nitrogens with one attached hydrogen (secondary N) is 1. The summed E-state index contributed by atoms with van der Waals surface area (Å²) in [7, 11) is 1.54. The molecule has 0 atom stereocenters. The molecule has 0 aromatic carbocycles. The Kier molecular flexibility index (Phi) is 3.15. The molecule has 0 aliphatic rings. The maximum absolute atomic E-state index is 11.6. The van der Waals surface area contributed by atoms with Gasteiger partial charge in [-0.15, -0.1) is 11.3 Å². The van der Waals surface area contributed by atoms with Crippen LogP contribution >= 0.6 is 11.3 Å². The van der Waals surface area contributed by atoms with Gasteiger partial charge < -0.3 is 14.8 Å². The number of aromatic amines is 1.